The third kappa shape index (κ3) is 4.92. The van der Waals surface area contributed by atoms with E-state index >= 15 is 0 Å². The molecule has 6 heteroatoms. The lowest BCUT2D eigenvalue weighted by Crippen LogP contribution is -2.38. The summed E-state index contributed by atoms with van der Waals surface area (Å²) in [5.74, 6) is -1.17. The van der Waals surface area contributed by atoms with Gasteiger partial charge in [0.1, 0.15) is 11.6 Å². The van der Waals surface area contributed by atoms with E-state index in [-0.39, 0.29) is 35.8 Å². The molecule has 1 aromatic rings. The minimum Gasteiger partial charge on any atom is -0.352 e. The van der Waals surface area contributed by atoms with Crippen molar-refractivity contribution in [2.75, 3.05) is 6.54 Å². The van der Waals surface area contributed by atoms with Crippen LogP contribution in [0.2, 0.25) is 0 Å². The van der Waals surface area contributed by atoms with Crippen LogP contribution in [0.3, 0.4) is 0 Å². The molecule has 22 heavy (non-hydrogen) atoms. The largest absolute Gasteiger partial charge is 0.352 e. The summed E-state index contributed by atoms with van der Waals surface area (Å²) in [6, 6.07) is 3.24. The minimum absolute atomic E-state index is 0. The molecule has 1 aliphatic rings. The number of carbonyl (C=O) groups is 1. The molecule has 0 aromatic heterocycles. The molecule has 0 bridgehead atoms. The molecule has 0 heterocycles. The highest BCUT2D eigenvalue weighted by molar-refractivity contribution is 5.85. The molecule has 3 nitrogen and oxygen atoms in total. The maximum absolute atomic E-state index is 13.5. The number of halogens is 3. The van der Waals surface area contributed by atoms with Crippen molar-refractivity contribution in [3.63, 3.8) is 0 Å². The van der Waals surface area contributed by atoms with E-state index in [1.165, 1.54) is 6.42 Å². The van der Waals surface area contributed by atoms with Crippen LogP contribution >= 0.6 is 12.4 Å². The van der Waals surface area contributed by atoms with Crippen molar-refractivity contribution in [2.45, 2.75) is 45.1 Å². The van der Waals surface area contributed by atoms with Gasteiger partial charge >= 0.3 is 0 Å². The van der Waals surface area contributed by atoms with Gasteiger partial charge in [-0.15, -0.1) is 12.4 Å². The molecule has 1 aliphatic carbocycles. The van der Waals surface area contributed by atoms with E-state index < -0.39 is 11.6 Å². The van der Waals surface area contributed by atoms with Gasteiger partial charge in [-0.3, -0.25) is 4.79 Å². The van der Waals surface area contributed by atoms with Crippen LogP contribution in [0.4, 0.5) is 8.78 Å². The quantitative estimate of drug-likeness (QED) is 0.869. The normalized spacial score (nSPS) is 16.7. The van der Waals surface area contributed by atoms with Gasteiger partial charge in [0.05, 0.1) is 0 Å². The smallest absolute Gasteiger partial charge is 0.220 e. The van der Waals surface area contributed by atoms with Crippen molar-refractivity contribution in [1.82, 2.24) is 5.32 Å². The SMILES string of the molecule is Cl.NCC1(CC(=O)NCc2cc(F)ccc2F)CCCCC1. The molecule has 124 valence electrons. The van der Waals surface area contributed by atoms with E-state index in [1.54, 1.807) is 0 Å². The van der Waals surface area contributed by atoms with E-state index in [0.717, 1.165) is 43.9 Å². The van der Waals surface area contributed by atoms with Gasteiger partial charge in [0.25, 0.3) is 0 Å². The van der Waals surface area contributed by atoms with Gasteiger partial charge in [-0.25, -0.2) is 8.78 Å². The number of hydrogen-bond donors (Lipinski definition) is 2. The molecule has 2 rings (SSSR count). The summed E-state index contributed by atoms with van der Waals surface area (Å²) in [7, 11) is 0. The molecule has 1 amide bonds. The number of carbonyl (C=O) groups excluding carboxylic acids is 1. The number of nitrogens with one attached hydrogen (secondary N) is 1. The summed E-state index contributed by atoms with van der Waals surface area (Å²) in [4.78, 5) is 12.1. The molecule has 0 spiro atoms. The average Bonchev–Trinajstić information content (AvgIpc) is 2.49. The molecule has 0 aliphatic heterocycles. The van der Waals surface area contributed by atoms with E-state index in [1.807, 2.05) is 0 Å². The van der Waals surface area contributed by atoms with Crippen LogP contribution in [-0.2, 0) is 11.3 Å². The van der Waals surface area contributed by atoms with Crippen LogP contribution in [0, 0.1) is 17.0 Å². The van der Waals surface area contributed by atoms with Gasteiger partial charge in [-0.1, -0.05) is 19.3 Å². The lowest BCUT2D eigenvalue weighted by Gasteiger charge is -2.35. The van der Waals surface area contributed by atoms with Crippen molar-refractivity contribution in [3.8, 4) is 0 Å². The van der Waals surface area contributed by atoms with Crippen molar-refractivity contribution < 1.29 is 13.6 Å². The molecule has 0 unspecified atom stereocenters. The van der Waals surface area contributed by atoms with Crippen LogP contribution in [0.1, 0.15) is 44.1 Å². The molecule has 0 radical (unpaired) electrons. The highest BCUT2D eigenvalue weighted by Gasteiger charge is 2.32. The Morgan fingerprint density at radius 2 is 1.91 bits per heavy atom. The Bertz CT molecular complexity index is 505. The fourth-order valence-electron chi connectivity index (χ4n) is 3.03. The third-order valence-corrected chi connectivity index (χ3v) is 4.37. The first kappa shape index (κ1) is 18.8. The second-order valence-electron chi connectivity index (χ2n) is 5.95. The van der Waals surface area contributed by atoms with Gasteiger partial charge in [-0.2, -0.15) is 0 Å². The topological polar surface area (TPSA) is 55.1 Å². The van der Waals surface area contributed by atoms with Crippen LogP contribution in [-0.4, -0.2) is 12.5 Å². The molecule has 1 aromatic carbocycles. The van der Waals surface area contributed by atoms with Crippen LogP contribution < -0.4 is 11.1 Å². The highest BCUT2D eigenvalue weighted by Crippen LogP contribution is 2.38. The monoisotopic (exact) mass is 332 g/mol. The standard InChI is InChI=1S/C16H22F2N2O.ClH/c17-13-4-5-14(18)12(8-13)10-20-15(21)9-16(11-19)6-2-1-3-7-16;/h4-5,8H,1-3,6-7,9-11,19H2,(H,20,21);1H. The van der Waals surface area contributed by atoms with Crippen molar-refractivity contribution in [2.24, 2.45) is 11.1 Å². The average molecular weight is 333 g/mol. The number of amides is 1. The zero-order valence-corrected chi connectivity index (χ0v) is 13.4. The molecule has 3 N–H and O–H groups in total. The van der Waals surface area contributed by atoms with Crippen LogP contribution in [0.15, 0.2) is 18.2 Å². The van der Waals surface area contributed by atoms with Gasteiger partial charge in [0, 0.05) is 18.5 Å². The maximum Gasteiger partial charge on any atom is 0.220 e. The Balaban J connectivity index is 0.00000242. The number of benzene rings is 1. The fourth-order valence-corrected chi connectivity index (χ4v) is 3.03. The predicted molar refractivity (Wildman–Crippen MR) is 84.6 cm³/mol. The van der Waals surface area contributed by atoms with Crippen molar-refractivity contribution >= 4 is 18.3 Å². The summed E-state index contributed by atoms with van der Waals surface area (Å²) in [6.45, 7) is 0.498. The first-order valence-corrected chi connectivity index (χ1v) is 7.45. The molecule has 1 saturated carbocycles. The highest BCUT2D eigenvalue weighted by atomic mass is 35.5. The Morgan fingerprint density at radius 3 is 2.55 bits per heavy atom. The van der Waals surface area contributed by atoms with Crippen LogP contribution in [0.25, 0.3) is 0 Å². The number of hydrogen-bond acceptors (Lipinski definition) is 2. The summed E-state index contributed by atoms with van der Waals surface area (Å²) < 4.78 is 26.5. The zero-order valence-electron chi connectivity index (χ0n) is 12.5. The van der Waals surface area contributed by atoms with E-state index in [0.29, 0.717) is 13.0 Å². The summed E-state index contributed by atoms with van der Waals surface area (Å²) in [5.41, 5.74) is 5.89. The Morgan fingerprint density at radius 1 is 1.23 bits per heavy atom. The van der Waals surface area contributed by atoms with Crippen molar-refractivity contribution in [1.29, 1.82) is 0 Å². The predicted octanol–water partition coefficient (Wildman–Crippen LogP) is 3.30. The molecule has 1 fully saturated rings. The second-order valence-corrected chi connectivity index (χ2v) is 5.95. The zero-order chi connectivity index (χ0) is 15.3. The minimum atomic E-state index is -0.511. The van der Waals surface area contributed by atoms with Gasteiger partial charge in [0.15, 0.2) is 0 Å². The molecule has 0 atom stereocenters. The molecular formula is C16H23ClF2N2O. The van der Waals surface area contributed by atoms with Gasteiger partial charge in [-0.05, 0) is 43.0 Å². The lowest BCUT2D eigenvalue weighted by atomic mass is 9.71. The van der Waals surface area contributed by atoms with Crippen LogP contribution in [0.5, 0.6) is 0 Å². The molecule has 0 saturated heterocycles. The molecular weight excluding hydrogens is 310 g/mol. The number of rotatable bonds is 5. The first-order chi connectivity index (χ1) is 10.0. The summed E-state index contributed by atoms with van der Waals surface area (Å²) in [5, 5.41) is 2.67. The van der Waals surface area contributed by atoms with Gasteiger partial charge < -0.3 is 11.1 Å². The Kier molecular flexibility index (Phi) is 7.23. The van der Waals surface area contributed by atoms with E-state index in [4.69, 9.17) is 5.73 Å². The Hall–Kier alpha value is -1.20. The fraction of sp³-hybridized carbons (Fsp3) is 0.562. The number of nitrogens with two attached hydrogens (primary N) is 1. The maximum atomic E-state index is 13.5. The second kappa shape index (κ2) is 8.44. The van der Waals surface area contributed by atoms with Crippen molar-refractivity contribution in [3.05, 3.63) is 35.4 Å². The van der Waals surface area contributed by atoms with E-state index in [9.17, 15) is 13.6 Å². The van der Waals surface area contributed by atoms with E-state index in [2.05, 4.69) is 5.32 Å². The Labute approximate surface area is 136 Å². The van der Waals surface area contributed by atoms with Gasteiger partial charge in [0.2, 0.25) is 5.91 Å². The first-order valence-electron chi connectivity index (χ1n) is 7.45. The lowest BCUT2D eigenvalue weighted by molar-refractivity contribution is -0.124. The third-order valence-electron chi connectivity index (χ3n) is 4.37. The summed E-state index contributed by atoms with van der Waals surface area (Å²) in [6.07, 6.45) is 5.68. The summed E-state index contributed by atoms with van der Waals surface area (Å²) >= 11 is 0.